The molecule has 3 rings (SSSR count). The van der Waals surface area contributed by atoms with E-state index in [2.05, 4.69) is 6.08 Å². The molecule has 0 aromatic heterocycles. The monoisotopic (exact) mass is 314 g/mol. The van der Waals surface area contributed by atoms with E-state index in [1.165, 1.54) is 0 Å². The molecule has 0 radical (unpaired) electrons. The predicted octanol–water partition coefficient (Wildman–Crippen LogP) is 4.85. The van der Waals surface area contributed by atoms with Crippen LogP contribution in [0.15, 0.2) is 72.4 Å². The van der Waals surface area contributed by atoms with Gasteiger partial charge in [0.05, 0.1) is 11.7 Å². The van der Waals surface area contributed by atoms with E-state index in [1.807, 2.05) is 79.4 Å². The summed E-state index contributed by atoms with van der Waals surface area (Å²) < 4.78 is 0. The molecule has 22 heavy (non-hydrogen) atoms. The lowest BCUT2D eigenvalue weighted by molar-refractivity contribution is 0.251. The highest BCUT2D eigenvalue weighted by atomic mass is 35.5. The molecule has 1 atom stereocenters. The van der Waals surface area contributed by atoms with Gasteiger partial charge < -0.3 is 0 Å². The van der Waals surface area contributed by atoms with Crippen molar-refractivity contribution in [3.05, 3.63) is 72.4 Å². The molecule has 1 heterocycles. The van der Waals surface area contributed by atoms with E-state index in [1.54, 1.807) is 4.90 Å². The Hall–Kier alpha value is -2.26. The van der Waals surface area contributed by atoms with Gasteiger partial charge in [-0.15, -0.1) is 12.4 Å². The van der Waals surface area contributed by atoms with Gasteiger partial charge in [-0.25, -0.2) is 4.79 Å². The topological polar surface area (TPSA) is 23.6 Å². The number of nitrogens with zero attached hydrogens (tertiary/aromatic N) is 2. The van der Waals surface area contributed by atoms with E-state index in [0.29, 0.717) is 0 Å². The molecule has 1 aliphatic rings. The number of urea groups is 1. The van der Waals surface area contributed by atoms with Crippen LogP contribution < -0.4 is 9.80 Å². The van der Waals surface area contributed by atoms with E-state index in [4.69, 9.17) is 0 Å². The van der Waals surface area contributed by atoms with Crippen LogP contribution >= 0.6 is 12.4 Å². The molecule has 0 saturated carbocycles. The molecule has 2 aromatic rings. The van der Waals surface area contributed by atoms with Crippen molar-refractivity contribution in [2.45, 2.75) is 19.9 Å². The zero-order chi connectivity index (χ0) is 14.8. The smallest absolute Gasteiger partial charge is 0.287 e. The zero-order valence-corrected chi connectivity index (χ0v) is 13.5. The Labute approximate surface area is 137 Å². The molecule has 2 amide bonds. The summed E-state index contributed by atoms with van der Waals surface area (Å²) in [5.41, 5.74) is 2.77. The van der Waals surface area contributed by atoms with Gasteiger partial charge in [-0.2, -0.15) is 0 Å². The number of halogens is 1. The van der Waals surface area contributed by atoms with Crippen molar-refractivity contribution < 1.29 is 4.79 Å². The molecular weight excluding hydrogens is 296 g/mol. The molecule has 114 valence electrons. The number of amides is 2. The van der Waals surface area contributed by atoms with Crippen molar-refractivity contribution in [1.29, 1.82) is 0 Å². The Kier molecular flexibility index (Phi) is 4.88. The summed E-state index contributed by atoms with van der Waals surface area (Å²) in [5, 5.41) is 0. The van der Waals surface area contributed by atoms with Gasteiger partial charge in [-0.05, 0) is 44.2 Å². The number of anilines is 2. The van der Waals surface area contributed by atoms with Gasteiger partial charge >= 0.3 is 6.03 Å². The van der Waals surface area contributed by atoms with Gasteiger partial charge in [0.1, 0.15) is 0 Å². The highest BCUT2D eigenvalue weighted by Crippen LogP contribution is 2.29. The van der Waals surface area contributed by atoms with Crippen molar-refractivity contribution in [3.8, 4) is 0 Å². The molecule has 0 N–H and O–H groups in total. The summed E-state index contributed by atoms with van der Waals surface area (Å²) in [5.74, 6) is 0. The lowest BCUT2D eigenvalue weighted by Gasteiger charge is -2.38. The van der Waals surface area contributed by atoms with Crippen LogP contribution in [-0.4, -0.2) is 12.1 Å². The van der Waals surface area contributed by atoms with Crippen molar-refractivity contribution in [2.75, 3.05) is 9.80 Å². The number of rotatable bonds is 2. The lowest BCUT2D eigenvalue weighted by Crippen LogP contribution is -2.50. The van der Waals surface area contributed by atoms with Gasteiger partial charge in [-0.3, -0.25) is 9.80 Å². The van der Waals surface area contributed by atoms with Gasteiger partial charge in [0, 0.05) is 11.4 Å². The molecule has 0 saturated heterocycles. The Morgan fingerprint density at radius 2 is 1.36 bits per heavy atom. The quantitative estimate of drug-likeness (QED) is 0.777. The molecule has 4 heteroatoms. The maximum atomic E-state index is 13.0. The minimum atomic E-state index is -0.0140. The summed E-state index contributed by atoms with van der Waals surface area (Å²) in [4.78, 5) is 16.5. The van der Waals surface area contributed by atoms with Crippen LogP contribution in [0.25, 0.3) is 0 Å². The van der Waals surface area contributed by atoms with Crippen LogP contribution in [0.4, 0.5) is 16.2 Å². The van der Waals surface area contributed by atoms with Crippen LogP contribution in [0, 0.1) is 0 Å². The van der Waals surface area contributed by atoms with Crippen LogP contribution in [-0.2, 0) is 0 Å². The Balaban J connectivity index is 0.00000176. The number of hydrogen-bond acceptors (Lipinski definition) is 1. The third-order valence-corrected chi connectivity index (χ3v) is 3.69. The molecule has 1 aliphatic heterocycles. The van der Waals surface area contributed by atoms with Gasteiger partial charge in [0.15, 0.2) is 0 Å². The molecule has 3 nitrogen and oxygen atoms in total. The summed E-state index contributed by atoms with van der Waals surface area (Å²) in [6.07, 6.45) is 2.11. The van der Waals surface area contributed by atoms with Crippen LogP contribution in [0.1, 0.15) is 13.8 Å². The highest BCUT2D eigenvalue weighted by molar-refractivity contribution is 6.07. The normalized spacial score (nSPS) is 17.8. The van der Waals surface area contributed by atoms with Gasteiger partial charge in [0.2, 0.25) is 0 Å². The fraction of sp³-hybridized carbons (Fsp3) is 0.167. The second kappa shape index (κ2) is 6.67. The van der Waals surface area contributed by atoms with E-state index >= 15 is 0 Å². The maximum Gasteiger partial charge on any atom is 0.333 e. The van der Waals surface area contributed by atoms with Gasteiger partial charge in [0.25, 0.3) is 0 Å². The number of carbonyl (C=O) groups excluding carboxylic acids is 1. The van der Waals surface area contributed by atoms with E-state index in [-0.39, 0.29) is 24.5 Å². The summed E-state index contributed by atoms with van der Waals surface area (Å²) in [7, 11) is 0. The first-order valence-corrected chi connectivity index (χ1v) is 7.10. The summed E-state index contributed by atoms with van der Waals surface area (Å²) in [6.45, 7) is 4.01. The number of carbonyl (C=O) groups is 1. The van der Waals surface area contributed by atoms with Crippen molar-refractivity contribution >= 4 is 29.8 Å². The predicted molar refractivity (Wildman–Crippen MR) is 93.7 cm³/mol. The molecule has 0 spiro atoms. The molecule has 0 fully saturated rings. The number of allylic oxidation sites excluding steroid dienone is 1. The Morgan fingerprint density at radius 1 is 0.864 bits per heavy atom. The third kappa shape index (κ3) is 2.85. The molecular formula is C18H19ClN2O. The molecule has 2 aromatic carbocycles. The average Bonchev–Trinajstić information content (AvgIpc) is 2.49. The maximum absolute atomic E-state index is 13.0. The fourth-order valence-electron chi connectivity index (χ4n) is 2.76. The second-order valence-corrected chi connectivity index (χ2v) is 5.21. The van der Waals surface area contributed by atoms with Crippen molar-refractivity contribution in [3.63, 3.8) is 0 Å². The first kappa shape index (κ1) is 16.1. The van der Waals surface area contributed by atoms with Crippen LogP contribution in [0.2, 0.25) is 0 Å². The standard InChI is InChI=1S/C18H18N2O.ClH/c1-14-13-15(2)20(17-11-7-4-8-12-17)18(21)19(14)16-9-5-3-6-10-16;/h3-14H,1-2H3;1H. The van der Waals surface area contributed by atoms with Crippen LogP contribution in [0.5, 0.6) is 0 Å². The van der Waals surface area contributed by atoms with E-state index in [0.717, 1.165) is 17.1 Å². The highest BCUT2D eigenvalue weighted by Gasteiger charge is 2.32. The number of hydrogen-bond donors (Lipinski definition) is 0. The van der Waals surface area contributed by atoms with E-state index < -0.39 is 0 Å². The first-order chi connectivity index (χ1) is 10.2. The first-order valence-electron chi connectivity index (χ1n) is 7.10. The van der Waals surface area contributed by atoms with Crippen molar-refractivity contribution in [2.24, 2.45) is 0 Å². The minimum absolute atomic E-state index is 0. The van der Waals surface area contributed by atoms with Crippen molar-refractivity contribution in [1.82, 2.24) is 0 Å². The SMILES string of the molecule is CC1=CC(C)N(c2ccccc2)C(=O)N1c1ccccc1.Cl. The number of para-hydroxylation sites is 2. The Bertz CT molecular complexity index is 670. The minimum Gasteiger partial charge on any atom is -0.287 e. The average molecular weight is 315 g/mol. The zero-order valence-electron chi connectivity index (χ0n) is 12.6. The van der Waals surface area contributed by atoms with Gasteiger partial charge in [-0.1, -0.05) is 36.4 Å². The largest absolute Gasteiger partial charge is 0.333 e. The fourth-order valence-corrected chi connectivity index (χ4v) is 2.76. The third-order valence-electron chi connectivity index (χ3n) is 3.69. The van der Waals surface area contributed by atoms with Crippen LogP contribution in [0.3, 0.4) is 0 Å². The second-order valence-electron chi connectivity index (χ2n) is 5.21. The summed E-state index contributed by atoms with van der Waals surface area (Å²) >= 11 is 0. The summed E-state index contributed by atoms with van der Waals surface area (Å²) in [6, 6.07) is 19.6. The lowest BCUT2D eigenvalue weighted by atomic mass is 10.1. The molecule has 1 unspecified atom stereocenters. The molecule has 0 bridgehead atoms. The molecule has 0 aliphatic carbocycles. The van der Waals surface area contributed by atoms with E-state index in [9.17, 15) is 4.79 Å². The Morgan fingerprint density at radius 3 is 1.91 bits per heavy atom. The number of benzene rings is 2.